The first-order valence-electron chi connectivity index (χ1n) is 4.10. The van der Waals surface area contributed by atoms with Crippen LogP contribution < -0.4 is 0 Å². The summed E-state index contributed by atoms with van der Waals surface area (Å²) < 4.78 is 0. The van der Waals surface area contributed by atoms with Gasteiger partial charge in [-0.2, -0.15) is 5.06 Å². The lowest BCUT2D eigenvalue weighted by Gasteiger charge is -2.14. The van der Waals surface area contributed by atoms with Gasteiger partial charge >= 0.3 is 0 Å². The lowest BCUT2D eigenvalue weighted by Crippen LogP contribution is -2.30. The third kappa shape index (κ3) is 3.12. The molecule has 1 fully saturated rings. The zero-order chi connectivity index (χ0) is 9.14. The van der Waals surface area contributed by atoms with E-state index >= 15 is 0 Å². The lowest BCUT2D eigenvalue weighted by molar-refractivity contribution is -0.190. The maximum Gasteiger partial charge on any atom is 0.253 e. The van der Waals surface area contributed by atoms with E-state index in [4.69, 9.17) is 4.84 Å². The van der Waals surface area contributed by atoms with E-state index in [1.165, 1.54) is 0 Å². The molecule has 1 heterocycles. The Morgan fingerprint density at radius 3 is 2.15 bits per heavy atom. The van der Waals surface area contributed by atoms with Gasteiger partial charge in [0, 0.05) is 12.8 Å². The fraction of sp³-hybridized carbons (Fsp3) is 0.750. The summed E-state index contributed by atoms with van der Waals surface area (Å²) in [7, 11) is 0. The number of hydrogen-bond donors (Lipinski definition) is 0. The zero-order valence-corrected chi connectivity index (χ0v) is 7.87. The van der Waals surface area contributed by atoms with Gasteiger partial charge in [-0.1, -0.05) is 13.8 Å². The van der Waals surface area contributed by atoms with E-state index in [2.05, 4.69) is 0 Å². The Bertz CT molecular complexity index is 186. The monoisotopic (exact) mass is 189 g/mol. The first-order chi connectivity index (χ1) is 5.61. The van der Waals surface area contributed by atoms with Crippen molar-refractivity contribution in [2.45, 2.75) is 26.7 Å². The Kier molecular flexibility index (Phi) is 4.58. The number of carbonyl (C=O) groups is 2. The fourth-order valence-corrected chi connectivity index (χ4v) is 0.924. The second-order valence-corrected chi connectivity index (χ2v) is 3.27. The number of carbonyl (C=O) groups excluding carboxylic acids is 2. The van der Waals surface area contributed by atoms with Gasteiger partial charge in [-0.3, -0.25) is 14.4 Å². The minimum atomic E-state index is -0.222. The molecule has 0 bridgehead atoms. The van der Waals surface area contributed by atoms with Gasteiger partial charge in [0.15, 0.2) is 0 Å². The molecule has 13 heavy (non-hydrogen) atoms. The number of amides is 2. The van der Waals surface area contributed by atoms with Crippen LogP contribution in [0.3, 0.4) is 0 Å². The lowest BCUT2D eigenvalue weighted by atomic mass is 10.2. The molecule has 5 heteroatoms. The van der Waals surface area contributed by atoms with Crippen LogP contribution in [-0.4, -0.2) is 29.0 Å². The highest BCUT2D eigenvalue weighted by Crippen LogP contribution is 2.12. The normalized spacial score (nSPS) is 16.7. The van der Waals surface area contributed by atoms with E-state index < -0.39 is 0 Å². The largest absolute Gasteiger partial charge is 0.412 e. The van der Waals surface area contributed by atoms with E-state index in [0.717, 1.165) is 5.06 Å². The first-order valence-corrected chi connectivity index (χ1v) is 4.10. The second-order valence-electron chi connectivity index (χ2n) is 3.27. The SMILES string of the molecule is CC(C)CON1C(=O)CCC1=O.O. The molecule has 2 amide bonds. The van der Waals surface area contributed by atoms with Gasteiger partial charge in [0.2, 0.25) is 0 Å². The van der Waals surface area contributed by atoms with Gasteiger partial charge in [0.1, 0.15) is 0 Å². The topological polar surface area (TPSA) is 78.1 Å². The molecule has 0 aliphatic carbocycles. The summed E-state index contributed by atoms with van der Waals surface area (Å²) in [4.78, 5) is 27.0. The Balaban J connectivity index is 0.00000144. The molecule has 0 saturated carbocycles. The van der Waals surface area contributed by atoms with Crippen LogP contribution in [0.15, 0.2) is 0 Å². The average molecular weight is 189 g/mol. The Morgan fingerprint density at radius 1 is 1.31 bits per heavy atom. The summed E-state index contributed by atoms with van der Waals surface area (Å²) in [5.41, 5.74) is 0. The molecule has 0 aromatic carbocycles. The number of hydroxylamine groups is 2. The molecule has 0 radical (unpaired) electrons. The summed E-state index contributed by atoms with van der Waals surface area (Å²) >= 11 is 0. The molecule has 0 aromatic heterocycles. The van der Waals surface area contributed by atoms with Gasteiger partial charge in [-0.05, 0) is 5.92 Å². The molecule has 76 valence electrons. The van der Waals surface area contributed by atoms with Gasteiger partial charge in [0.05, 0.1) is 6.61 Å². The summed E-state index contributed by atoms with van der Waals surface area (Å²) in [6, 6.07) is 0. The smallest absolute Gasteiger partial charge is 0.253 e. The minimum absolute atomic E-state index is 0. The highest BCUT2D eigenvalue weighted by molar-refractivity contribution is 6.00. The molecular weight excluding hydrogens is 174 g/mol. The molecule has 0 aromatic rings. The summed E-state index contributed by atoms with van der Waals surface area (Å²) in [5.74, 6) is -0.118. The average Bonchev–Trinajstić information content (AvgIpc) is 2.28. The Labute approximate surface area is 76.9 Å². The van der Waals surface area contributed by atoms with Crippen molar-refractivity contribution in [3.8, 4) is 0 Å². The van der Waals surface area contributed by atoms with Crippen molar-refractivity contribution in [3.63, 3.8) is 0 Å². The number of imide groups is 1. The summed E-state index contributed by atoms with van der Waals surface area (Å²) in [6.07, 6.45) is 0.577. The first kappa shape index (κ1) is 12.1. The standard InChI is InChI=1S/C8H13NO3.H2O/c1-6(2)5-12-9-7(10)3-4-8(9)11;/h6H,3-5H2,1-2H3;1H2. The van der Waals surface area contributed by atoms with Crippen LogP contribution in [0, 0.1) is 5.92 Å². The predicted octanol–water partition coefficient (Wildman–Crippen LogP) is -0.102. The van der Waals surface area contributed by atoms with E-state index in [9.17, 15) is 9.59 Å². The Hall–Kier alpha value is -0.940. The maximum absolute atomic E-state index is 11.0. The van der Waals surface area contributed by atoms with Crippen LogP contribution in [-0.2, 0) is 14.4 Å². The van der Waals surface area contributed by atoms with Crippen LogP contribution in [0.25, 0.3) is 0 Å². The van der Waals surface area contributed by atoms with Crippen molar-refractivity contribution >= 4 is 11.8 Å². The van der Waals surface area contributed by atoms with Crippen molar-refractivity contribution in [1.82, 2.24) is 5.06 Å². The van der Waals surface area contributed by atoms with Crippen LogP contribution >= 0.6 is 0 Å². The molecule has 5 nitrogen and oxygen atoms in total. The maximum atomic E-state index is 11.0. The molecule has 0 unspecified atom stereocenters. The summed E-state index contributed by atoms with van der Waals surface area (Å²) in [6.45, 7) is 4.34. The Morgan fingerprint density at radius 2 is 1.77 bits per heavy atom. The molecule has 1 aliphatic heterocycles. The molecule has 1 aliphatic rings. The van der Waals surface area contributed by atoms with E-state index in [-0.39, 0.29) is 30.1 Å². The minimum Gasteiger partial charge on any atom is -0.412 e. The quantitative estimate of drug-likeness (QED) is 0.581. The van der Waals surface area contributed by atoms with Gasteiger partial charge < -0.3 is 5.48 Å². The molecule has 2 N–H and O–H groups in total. The number of hydrogen-bond acceptors (Lipinski definition) is 3. The molecular formula is C8H15NO4. The zero-order valence-electron chi connectivity index (χ0n) is 7.87. The van der Waals surface area contributed by atoms with Crippen molar-refractivity contribution < 1.29 is 19.9 Å². The van der Waals surface area contributed by atoms with E-state index in [1.54, 1.807) is 0 Å². The predicted molar refractivity (Wildman–Crippen MR) is 45.5 cm³/mol. The number of rotatable bonds is 3. The summed E-state index contributed by atoms with van der Waals surface area (Å²) in [5, 5.41) is 0.889. The fourth-order valence-electron chi connectivity index (χ4n) is 0.924. The van der Waals surface area contributed by atoms with Gasteiger partial charge in [0.25, 0.3) is 11.8 Å². The van der Waals surface area contributed by atoms with Gasteiger partial charge in [-0.25, -0.2) is 0 Å². The van der Waals surface area contributed by atoms with E-state index in [0.29, 0.717) is 12.5 Å². The van der Waals surface area contributed by atoms with Crippen LogP contribution in [0.1, 0.15) is 26.7 Å². The van der Waals surface area contributed by atoms with Crippen LogP contribution in [0.5, 0.6) is 0 Å². The molecule has 0 spiro atoms. The molecule has 1 saturated heterocycles. The van der Waals surface area contributed by atoms with Crippen LogP contribution in [0.4, 0.5) is 0 Å². The van der Waals surface area contributed by atoms with Gasteiger partial charge in [-0.15, -0.1) is 0 Å². The second kappa shape index (κ2) is 4.94. The highest BCUT2D eigenvalue weighted by atomic mass is 16.7. The van der Waals surface area contributed by atoms with Crippen molar-refractivity contribution in [2.75, 3.05) is 6.61 Å². The third-order valence-electron chi connectivity index (χ3n) is 1.54. The van der Waals surface area contributed by atoms with E-state index in [1.807, 2.05) is 13.8 Å². The van der Waals surface area contributed by atoms with Crippen molar-refractivity contribution in [2.24, 2.45) is 5.92 Å². The molecule has 1 rings (SSSR count). The molecule has 0 atom stereocenters. The van der Waals surface area contributed by atoms with Crippen LogP contribution in [0.2, 0.25) is 0 Å². The van der Waals surface area contributed by atoms with Crippen molar-refractivity contribution in [1.29, 1.82) is 0 Å². The third-order valence-corrected chi connectivity index (χ3v) is 1.54. The number of nitrogens with zero attached hydrogens (tertiary/aromatic N) is 1. The van der Waals surface area contributed by atoms with Crippen molar-refractivity contribution in [3.05, 3.63) is 0 Å². The highest BCUT2D eigenvalue weighted by Gasteiger charge is 2.30.